The third-order valence-electron chi connectivity index (χ3n) is 1.98. The van der Waals surface area contributed by atoms with Gasteiger partial charge in [0.1, 0.15) is 0 Å². The third kappa shape index (κ3) is 3.61. The molecule has 0 fully saturated rings. The topological polar surface area (TPSA) is 55.8 Å². The Hall–Kier alpha value is -1.78. The van der Waals surface area contributed by atoms with Gasteiger partial charge in [-0.1, -0.05) is 0 Å². The molecule has 0 spiro atoms. The second-order valence-electron chi connectivity index (χ2n) is 4.42. The van der Waals surface area contributed by atoms with E-state index in [0.29, 0.717) is 0 Å². The van der Waals surface area contributed by atoms with Gasteiger partial charge in [-0.05, 0) is 39.8 Å². The van der Waals surface area contributed by atoms with Crippen LogP contribution in [0.1, 0.15) is 38.1 Å². The molecule has 0 aliphatic rings. The van der Waals surface area contributed by atoms with E-state index >= 15 is 0 Å². The molecule has 0 saturated heterocycles. The predicted octanol–water partition coefficient (Wildman–Crippen LogP) is 3.10. The van der Waals surface area contributed by atoms with Crippen molar-refractivity contribution in [3.63, 3.8) is 0 Å². The summed E-state index contributed by atoms with van der Waals surface area (Å²) in [4.78, 5) is 11.0. The van der Waals surface area contributed by atoms with Crippen molar-refractivity contribution in [2.45, 2.75) is 39.9 Å². The van der Waals surface area contributed by atoms with Crippen LogP contribution in [0.4, 0.5) is 4.39 Å². The first-order valence-corrected chi connectivity index (χ1v) is 5.71. The van der Waals surface area contributed by atoms with Gasteiger partial charge < -0.3 is 14.6 Å². The minimum atomic E-state index is -1.16. The molecule has 1 N–H and O–H groups in total. The van der Waals surface area contributed by atoms with E-state index in [1.807, 2.05) is 0 Å². The maximum Gasteiger partial charge on any atom is 0.335 e. The molecule has 0 heterocycles. The Morgan fingerprint density at radius 2 is 1.50 bits per heavy atom. The Kier molecular flexibility index (Phi) is 4.53. The molecule has 0 unspecified atom stereocenters. The van der Waals surface area contributed by atoms with E-state index in [2.05, 4.69) is 0 Å². The van der Waals surface area contributed by atoms with Crippen molar-refractivity contribution >= 4 is 5.97 Å². The zero-order valence-electron chi connectivity index (χ0n) is 10.9. The van der Waals surface area contributed by atoms with Crippen molar-refractivity contribution in [1.29, 1.82) is 0 Å². The summed E-state index contributed by atoms with van der Waals surface area (Å²) < 4.78 is 24.5. The summed E-state index contributed by atoms with van der Waals surface area (Å²) in [6.07, 6.45) is -0.508. The predicted molar refractivity (Wildman–Crippen MR) is 64.9 cm³/mol. The molecule has 0 amide bonds. The minimum Gasteiger partial charge on any atom is -0.488 e. The van der Waals surface area contributed by atoms with Gasteiger partial charge in [0.05, 0.1) is 17.8 Å². The third-order valence-corrected chi connectivity index (χ3v) is 1.98. The summed E-state index contributed by atoms with van der Waals surface area (Å²) in [5.41, 5.74) is -0.0669. The number of hydrogen-bond donors (Lipinski definition) is 1. The molecule has 1 aromatic rings. The maximum absolute atomic E-state index is 14.0. The van der Waals surface area contributed by atoms with Gasteiger partial charge >= 0.3 is 5.97 Å². The first kappa shape index (κ1) is 14.3. The van der Waals surface area contributed by atoms with Crippen molar-refractivity contribution in [2.24, 2.45) is 0 Å². The molecule has 0 radical (unpaired) electrons. The van der Waals surface area contributed by atoms with Gasteiger partial charge in [0, 0.05) is 0 Å². The van der Waals surface area contributed by atoms with Crippen LogP contribution in [0.5, 0.6) is 11.5 Å². The first-order chi connectivity index (χ1) is 8.31. The quantitative estimate of drug-likeness (QED) is 0.879. The van der Waals surface area contributed by atoms with Crippen molar-refractivity contribution in [2.75, 3.05) is 0 Å². The number of carboxylic acid groups (broad SMARTS) is 1. The number of ether oxygens (including phenoxy) is 2. The number of carbonyl (C=O) groups is 1. The highest BCUT2D eigenvalue weighted by Crippen LogP contribution is 2.30. The average Bonchev–Trinajstić information content (AvgIpc) is 2.22. The Morgan fingerprint density at radius 1 is 1.11 bits per heavy atom. The number of rotatable bonds is 5. The molecular formula is C13H17FO4. The molecule has 1 aromatic carbocycles. The highest BCUT2D eigenvalue weighted by Gasteiger charge is 2.18. The zero-order valence-corrected chi connectivity index (χ0v) is 10.9. The summed E-state index contributed by atoms with van der Waals surface area (Å²) >= 11 is 0. The highest BCUT2D eigenvalue weighted by atomic mass is 19.1. The second-order valence-corrected chi connectivity index (χ2v) is 4.42. The lowest BCUT2D eigenvalue weighted by molar-refractivity contribution is 0.0694. The van der Waals surface area contributed by atoms with Crippen LogP contribution in [-0.2, 0) is 0 Å². The highest BCUT2D eigenvalue weighted by molar-refractivity contribution is 5.88. The van der Waals surface area contributed by atoms with Crippen LogP contribution in [0.2, 0.25) is 0 Å². The molecule has 1 rings (SSSR count). The molecule has 0 bridgehead atoms. The summed E-state index contributed by atoms with van der Waals surface area (Å²) in [6.45, 7) is 6.93. The van der Waals surface area contributed by atoms with Crippen LogP contribution in [0, 0.1) is 5.82 Å². The van der Waals surface area contributed by atoms with Gasteiger partial charge in [-0.3, -0.25) is 0 Å². The molecule has 0 aliphatic carbocycles. The van der Waals surface area contributed by atoms with E-state index in [4.69, 9.17) is 14.6 Å². The fourth-order valence-electron chi connectivity index (χ4n) is 1.38. The van der Waals surface area contributed by atoms with Crippen LogP contribution in [0.3, 0.4) is 0 Å². The van der Waals surface area contributed by atoms with E-state index in [0.717, 1.165) is 12.1 Å². The van der Waals surface area contributed by atoms with Crippen LogP contribution in [-0.4, -0.2) is 23.3 Å². The van der Waals surface area contributed by atoms with Gasteiger partial charge in [-0.15, -0.1) is 0 Å². The maximum atomic E-state index is 14.0. The molecule has 100 valence electrons. The van der Waals surface area contributed by atoms with E-state index < -0.39 is 11.8 Å². The fourth-order valence-corrected chi connectivity index (χ4v) is 1.38. The van der Waals surface area contributed by atoms with Crippen LogP contribution in [0.15, 0.2) is 12.1 Å². The molecule has 4 nitrogen and oxygen atoms in total. The van der Waals surface area contributed by atoms with Crippen molar-refractivity contribution in [1.82, 2.24) is 0 Å². The lowest BCUT2D eigenvalue weighted by Crippen LogP contribution is -2.12. The minimum absolute atomic E-state index is 0.0669. The van der Waals surface area contributed by atoms with Crippen molar-refractivity contribution in [3.05, 3.63) is 23.5 Å². The number of halogens is 1. The second kappa shape index (κ2) is 5.71. The number of benzene rings is 1. The summed E-state index contributed by atoms with van der Waals surface area (Å²) in [5, 5.41) is 8.96. The molecule has 0 atom stereocenters. The van der Waals surface area contributed by atoms with Gasteiger partial charge in [-0.25, -0.2) is 4.79 Å². The van der Waals surface area contributed by atoms with E-state index in [1.165, 1.54) is 0 Å². The normalized spacial score (nSPS) is 10.8. The summed E-state index contributed by atoms with van der Waals surface area (Å²) in [6, 6.07) is 2.32. The van der Waals surface area contributed by atoms with Crippen molar-refractivity contribution in [3.8, 4) is 11.5 Å². The van der Waals surface area contributed by atoms with E-state index in [-0.39, 0.29) is 29.3 Å². The largest absolute Gasteiger partial charge is 0.488 e. The van der Waals surface area contributed by atoms with Crippen LogP contribution in [0.25, 0.3) is 0 Å². The Morgan fingerprint density at radius 3 is 1.78 bits per heavy atom. The average molecular weight is 256 g/mol. The summed E-state index contributed by atoms with van der Waals surface area (Å²) in [7, 11) is 0. The molecule has 0 aromatic heterocycles. The fraction of sp³-hybridized carbons (Fsp3) is 0.462. The van der Waals surface area contributed by atoms with E-state index in [1.54, 1.807) is 27.7 Å². The monoisotopic (exact) mass is 256 g/mol. The van der Waals surface area contributed by atoms with Gasteiger partial charge in [0.25, 0.3) is 0 Å². The SMILES string of the molecule is CC(C)Oc1cc(C(=O)O)cc(OC(C)C)c1F. The molecule has 0 aliphatic heterocycles. The number of carboxylic acids is 1. The number of hydrogen-bond acceptors (Lipinski definition) is 3. The molecule has 5 heteroatoms. The molecule has 0 saturated carbocycles. The van der Waals surface area contributed by atoms with Gasteiger partial charge in [0.15, 0.2) is 11.5 Å². The van der Waals surface area contributed by atoms with Crippen LogP contribution < -0.4 is 9.47 Å². The Balaban J connectivity index is 3.23. The molecule has 18 heavy (non-hydrogen) atoms. The molecular weight excluding hydrogens is 239 g/mol. The van der Waals surface area contributed by atoms with Crippen LogP contribution >= 0.6 is 0 Å². The number of aromatic carboxylic acids is 1. The smallest absolute Gasteiger partial charge is 0.335 e. The Bertz CT molecular complexity index is 410. The lowest BCUT2D eigenvalue weighted by atomic mass is 10.2. The van der Waals surface area contributed by atoms with Gasteiger partial charge in [0.2, 0.25) is 5.82 Å². The van der Waals surface area contributed by atoms with Crippen molar-refractivity contribution < 1.29 is 23.8 Å². The summed E-state index contributed by atoms with van der Waals surface area (Å²) in [5.74, 6) is -2.05. The zero-order chi connectivity index (χ0) is 13.9. The Labute approximate surface area is 105 Å². The standard InChI is InChI=1S/C13H17FO4/c1-7(2)17-10-5-9(13(15)16)6-11(12(10)14)18-8(3)4/h5-8H,1-4H3,(H,15,16). The first-order valence-electron chi connectivity index (χ1n) is 5.71. The van der Waals surface area contributed by atoms with Gasteiger partial charge in [-0.2, -0.15) is 4.39 Å². The van der Waals surface area contributed by atoms with E-state index in [9.17, 15) is 9.18 Å². The lowest BCUT2D eigenvalue weighted by Gasteiger charge is -2.16.